The fourth-order valence-electron chi connectivity index (χ4n) is 6.97. The van der Waals surface area contributed by atoms with Crippen LogP contribution in [0.2, 0.25) is 0 Å². The van der Waals surface area contributed by atoms with Gasteiger partial charge in [-0.15, -0.1) is 0 Å². The monoisotopic (exact) mass is 1060 g/mol. The lowest BCUT2D eigenvalue weighted by atomic mass is 10.0. The maximum Gasteiger partial charge on any atom is 0.472 e. The van der Waals surface area contributed by atoms with Crippen LogP contribution < -0.4 is 5.73 Å². The Kier molecular flexibility index (Phi) is 55.0. The second kappa shape index (κ2) is 58.6. The molecule has 0 aliphatic carbocycles. The van der Waals surface area contributed by atoms with Crippen LogP contribution in [-0.2, 0) is 32.7 Å². The molecule has 9 nitrogen and oxygen atoms in total. The molecule has 2 unspecified atom stereocenters. The summed E-state index contributed by atoms with van der Waals surface area (Å²) >= 11 is 0. The molecule has 0 aromatic rings. The van der Waals surface area contributed by atoms with E-state index in [1.807, 2.05) is 12.2 Å². The SMILES string of the molecule is CC/C=C\C/C=C\C/C=C\C/C=C\C/C=C\C/C=C\C/C=C\C/C=C\C/C=C\C/C=C\CCCCCCCCCCCCC(=O)OC(COC(=O)CC/C=C\C/C=C\C/C=C\C/C=C\CC)COP(=O)(O)OCCN. The number of hydrogen-bond acceptors (Lipinski definition) is 8. The molecule has 0 bridgehead atoms. The number of hydrogen-bond donors (Lipinski definition) is 2. The minimum atomic E-state index is -4.41. The van der Waals surface area contributed by atoms with Crippen molar-refractivity contribution in [1.29, 1.82) is 0 Å². The summed E-state index contributed by atoms with van der Waals surface area (Å²) in [5.74, 6) is -0.942. The van der Waals surface area contributed by atoms with Gasteiger partial charge in [-0.2, -0.15) is 0 Å². The van der Waals surface area contributed by atoms with Crippen LogP contribution in [0.1, 0.15) is 194 Å². The number of unbranched alkanes of at least 4 members (excludes halogenated alkanes) is 10. The first-order valence-electron chi connectivity index (χ1n) is 28.6. The molecule has 10 heteroatoms. The highest BCUT2D eigenvalue weighted by Crippen LogP contribution is 2.43. The van der Waals surface area contributed by atoms with Crippen molar-refractivity contribution < 1.29 is 37.6 Å². The average Bonchev–Trinajstić information content (AvgIpc) is 3.40. The zero-order valence-electron chi connectivity index (χ0n) is 46.7. The van der Waals surface area contributed by atoms with Crippen LogP contribution in [0.4, 0.5) is 0 Å². The molecule has 0 spiro atoms. The predicted octanol–water partition coefficient (Wildman–Crippen LogP) is 18.3. The molecule has 0 heterocycles. The fraction of sp³-hybridized carbons (Fsp3) is 0.538. The maximum atomic E-state index is 12.7. The first-order valence-corrected chi connectivity index (χ1v) is 30.1. The lowest BCUT2D eigenvalue weighted by Crippen LogP contribution is -2.29. The van der Waals surface area contributed by atoms with Crippen molar-refractivity contribution in [2.75, 3.05) is 26.4 Å². The van der Waals surface area contributed by atoms with Crippen LogP contribution in [0.25, 0.3) is 0 Å². The van der Waals surface area contributed by atoms with Crippen molar-refractivity contribution in [1.82, 2.24) is 0 Å². The van der Waals surface area contributed by atoms with Crippen molar-refractivity contribution >= 4 is 19.8 Å². The lowest BCUT2D eigenvalue weighted by molar-refractivity contribution is -0.161. The molecule has 0 aromatic carbocycles. The molecule has 0 fully saturated rings. The molecule has 0 aliphatic heterocycles. The van der Waals surface area contributed by atoms with Gasteiger partial charge in [0.05, 0.1) is 13.2 Å². The third-order valence-corrected chi connectivity index (χ3v) is 12.1. The Morgan fingerprint density at radius 3 is 1.08 bits per heavy atom. The van der Waals surface area contributed by atoms with E-state index in [4.69, 9.17) is 24.3 Å². The molecule has 0 aromatic heterocycles. The smallest absolute Gasteiger partial charge is 0.462 e. The van der Waals surface area contributed by atoms with Gasteiger partial charge in [-0.25, -0.2) is 4.57 Å². The van der Waals surface area contributed by atoms with E-state index in [-0.39, 0.29) is 32.6 Å². The number of phosphoric ester groups is 1. The molecule has 2 atom stereocenters. The standard InChI is InChI=1S/C65H102NO8P/c1-3-5-7-9-11-13-15-17-18-19-20-21-22-23-24-25-26-27-28-29-30-31-32-33-34-35-36-37-38-39-40-41-42-43-44-46-48-50-52-54-56-58-65(68)74-63(62-73-75(69,70)72-60-59-66)61-71-64(67)57-55-53-51-49-47-45-16-14-12-10-8-6-4-2/h5-8,11-14,17-18,20-21,23-24,26-27,29-30,32-33,35-36,38-39,45,47,51,53,63H,3-4,9-10,15-16,19,22,25,28,31,34,37,40-44,46,48-50,52,54-62,66H2,1-2H3,(H,69,70)/b7-5-,8-6-,13-11-,14-12-,18-17-,21-20-,24-23-,27-26-,30-29-,33-32-,36-35-,39-38-,47-45-,53-51-. The average molecular weight is 1060 g/mol. The van der Waals surface area contributed by atoms with Crippen molar-refractivity contribution in [2.24, 2.45) is 5.73 Å². The summed E-state index contributed by atoms with van der Waals surface area (Å²) in [7, 11) is -4.41. The Morgan fingerprint density at radius 2 is 0.720 bits per heavy atom. The molecular formula is C65H102NO8P. The molecule has 0 saturated heterocycles. The summed E-state index contributed by atoms with van der Waals surface area (Å²) in [5, 5.41) is 0. The minimum Gasteiger partial charge on any atom is -0.462 e. The summed E-state index contributed by atoms with van der Waals surface area (Å²) in [5.41, 5.74) is 5.36. The third-order valence-electron chi connectivity index (χ3n) is 11.1. The van der Waals surface area contributed by atoms with E-state index in [9.17, 15) is 19.0 Å². The maximum absolute atomic E-state index is 12.7. The minimum absolute atomic E-state index is 0.0354. The Bertz CT molecular complexity index is 1820. The van der Waals surface area contributed by atoms with Crippen LogP contribution in [0.5, 0.6) is 0 Å². The van der Waals surface area contributed by atoms with Gasteiger partial charge < -0.3 is 20.1 Å². The number of nitrogens with two attached hydrogens (primary N) is 1. The lowest BCUT2D eigenvalue weighted by Gasteiger charge is -2.19. The molecule has 0 rings (SSSR count). The summed E-state index contributed by atoms with van der Waals surface area (Å²) < 4.78 is 32.8. The Hall–Kier alpha value is -4.63. The van der Waals surface area contributed by atoms with Gasteiger partial charge >= 0.3 is 19.8 Å². The number of phosphoric acid groups is 1. The molecule has 0 radical (unpaired) electrons. The number of esters is 2. The summed E-state index contributed by atoms with van der Waals surface area (Å²) in [6.45, 7) is 3.38. The predicted molar refractivity (Wildman–Crippen MR) is 320 cm³/mol. The largest absolute Gasteiger partial charge is 0.472 e. The van der Waals surface area contributed by atoms with Crippen LogP contribution >= 0.6 is 7.82 Å². The Morgan fingerprint density at radius 1 is 0.400 bits per heavy atom. The van der Waals surface area contributed by atoms with Gasteiger partial charge in [-0.1, -0.05) is 235 Å². The van der Waals surface area contributed by atoms with E-state index < -0.39 is 32.5 Å². The molecule has 75 heavy (non-hydrogen) atoms. The summed E-state index contributed by atoms with van der Waals surface area (Å²) in [6, 6.07) is 0. The van der Waals surface area contributed by atoms with Crippen molar-refractivity contribution in [3.8, 4) is 0 Å². The number of allylic oxidation sites excluding steroid dienone is 28. The third kappa shape index (κ3) is 58.5. The number of carbonyl (C=O) groups excluding carboxylic acids is 2. The van der Waals surface area contributed by atoms with Crippen LogP contribution in [0.3, 0.4) is 0 Å². The van der Waals surface area contributed by atoms with Gasteiger partial charge in [0.1, 0.15) is 6.61 Å². The highest BCUT2D eigenvalue weighted by atomic mass is 31.2. The summed E-state index contributed by atoms with van der Waals surface area (Å²) in [4.78, 5) is 35.0. The number of rotatable bonds is 51. The second-order valence-electron chi connectivity index (χ2n) is 18.0. The van der Waals surface area contributed by atoms with E-state index in [0.29, 0.717) is 12.8 Å². The summed E-state index contributed by atoms with van der Waals surface area (Å²) in [6.07, 6.45) is 87.3. The van der Waals surface area contributed by atoms with E-state index in [2.05, 4.69) is 172 Å². The van der Waals surface area contributed by atoms with Gasteiger partial charge in [-0.3, -0.25) is 18.6 Å². The van der Waals surface area contributed by atoms with Gasteiger partial charge in [-0.05, 0) is 116 Å². The first-order chi connectivity index (χ1) is 36.8. The van der Waals surface area contributed by atoms with Crippen LogP contribution in [0.15, 0.2) is 170 Å². The molecule has 0 aliphatic rings. The van der Waals surface area contributed by atoms with Crippen molar-refractivity contribution in [3.05, 3.63) is 170 Å². The topological polar surface area (TPSA) is 134 Å². The van der Waals surface area contributed by atoms with E-state index in [1.54, 1.807) is 0 Å². The molecule has 420 valence electrons. The van der Waals surface area contributed by atoms with E-state index in [0.717, 1.165) is 116 Å². The van der Waals surface area contributed by atoms with E-state index >= 15 is 0 Å². The highest BCUT2D eigenvalue weighted by Gasteiger charge is 2.26. The quantitative estimate of drug-likeness (QED) is 0.0264. The van der Waals surface area contributed by atoms with Gasteiger partial charge in [0.25, 0.3) is 0 Å². The Labute approximate surface area is 457 Å². The van der Waals surface area contributed by atoms with E-state index in [1.165, 1.54) is 38.5 Å². The van der Waals surface area contributed by atoms with Gasteiger partial charge in [0, 0.05) is 19.4 Å². The Balaban J connectivity index is 3.99. The highest BCUT2D eigenvalue weighted by molar-refractivity contribution is 7.47. The zero-order valence-corrected chi connectivity index (χ0v) is 47.6. The molecule has 3 N–H and O–H groups in total. The van der Waals surface area contributed by atoms with Gasteiger partial charge in [0.2, 0.25) is 0 Å². The fourth-order valence-corrected chi connectivity index (χ4v) is 7.74. The number of carbonyl (C=O) groups is 2. The van der Waals surface area contributed by atoms with Crippen molar-refractivity contribution in [2.45, 2.75) is 200 Å². The number of ether oxygens (including phenoxy) is 2. The second-order valence-corrected chi connectivity index (χ2v) is 19.5. The van der Waals surface area contributed by atoms with Crippen LogP contribution in [0, 0.1) is 0 Å². The molecule has 0 saturated carbocycles. The normalized spacial score (nSPS) is 14.3. The first kappa shape index (κ1) is 70.4. The van der Waals surface area contributed by atoms with Gasteiger partial charge in [0.15, 0.2) is 6.10 Å². The molecule has 0 amide bonds. The van der Waals surface area contributed by atoms with Crippen molar-refractivity contribution in [3.63, 3.8) is 0 Å². The van der Waals surface area contributed by atoms with Crippen LogP contribution in [-0.4, -0.2) is 49.3 Å². The molecular weight excluding hydrogens is 954 g/mol. The zero-order chi connectivity index (χ0) is 54.5.